The second-order valence-electron chi connectivity index (χ2n) is 4.47. The van der Waals surface area contributed by atoms with Crippen LogP contribution in [0.3, 0.4) is 0 Å². The second kappa shape index (κ2) is 3.77. The van der Waals surface area contributed by atoms with Crippen LogP contribution >= 0.6 is 0 Å². The van der Waals surface area contributed by atoms with Crippen molar-refractivity contribution in [2.75, 3.05) is 11.9 Å². The number of hydrogen-bond donors (Lipinski definition) is 0. The van der Waals surface area contributed by atoms with Crippen LogP contribution in [-0.4, -0.2) is 17.5 Å². The minimum atomic E-state index is -0.0193. The Morgan fingerprint density at radius 3 is 2.69 bits per heavy atom. The standard InChI is InChI=1S/C12H16N2O2/c1-8-4-5-9-6-11(15)13(2)7-10(9)14(3)12(8)16/h6-8H,4-5H2,1-3H3. The smallest absolute Gasteiger partial charge is 0.250 e. The number of carbonyl (C=O) groups excluding carboxylic acids is 1. The molecule has 1 aromatic heterocycles. The Kier molecular flexibility index (Phi) is 2.58. The zero-order valence-electron chi connectivity index (χ0n) is 9.86. The molecule has 0 aliphatic carbocycles. The summed E-state index contributed by atoms with van der Waals surface area (Å²) in [5.74, 6) is 0.148. The van der Waals surface area contributed by atoms with E-state index in [0.717, 1.165) is 24.1 Å². The fourth-order valence-electron chi connectivity index (χ4n) is 2.10. The summed E-state index contributed by atoms with van der Waals surface area (Å²) in [7, 11) is 3.47. The molecule has 1 atom stereocenters. The van der Waals surface area contributed by atoms with Gasteiger partial charge in [0, 0.05) is 32.3 Å². The first-order chi connectivity index (χ1) is 7.50. The van der Waals surface area contributed by atoms with E-state index in [1.54, 1.807) is 31.3 Å². The number of aryl methyl sites for hydroxylation is 2. The average molecular weight is 220 g/mol. The highest BCUT2D eigenvalue weighted by atomic mass is 16.2. The lowest BCUT2D eigenvalue weighted by molar-refractivity contribution is -0.121. The van der Waals surface area contributed by atoms with Gasteiger partial charge in [-0.05, 0) is 18.4 Å². The van der Waals surface area contributed by atoms with Crippen LogP contribution in [0, 0.1) is 5.92 Å². The third kappa shape index (κ3) is 1.64. The van der Waals surface area contributed by atoms with Gasteiger partial charge >= 0.3 is 0 Å². The van der Waals surface area contributed by atoms with Crippen LogP contribution in [0.15, 0.2) is 17.1 Å². The van der Waals surface area contributed by atoms with Gasteiger partial charge in [-0.1, -0.05) is 6.92 Å². The zero-order valence-corrected chi connectivity index (χ0v) is 9.86. The van der Waals surface area contributed by atoms with Crippen molar-refractivity contribution in [3.05, 3.63) is 28.2 Å². The molecule has 0 fully saturated rings. The first-order valence-electron chi connectivity index (χ1n) is 5.48. The summed E-state index contributed by atoms with van der Waals surface area (Å²) >= 11 is 0. The van der Waals surface area contributed by atoms with Gasteiger partial charge in [-0.2, -0.15) is 0 Å². The van der Waals surface area contributed by atoms with Crippen molar-refractivity contribution in [1.29, 1.82) is 0 Å². The molecule has 0 N–H and O–H groups in total. The summed E-state index contributed by atoms with van der Waals surface area (Å²) in [6.07, 6.45) is 3.35. The van der Waals surface area contributed by atoms with Gasteiger partial charge in [0.05, 0.1) is 5.69 Å². The fraction of sp³-hybridized carbons (Fsp3) is 0.500. The molecule has 0 bridgehead atoms. The summed E-state index contributed by atoms with van der Waals surface area (Å²) < 4.78 is 1.51. The highest BCUT2D eigenvalue weighted by molar-refractivity contribution is 5.95. The SMILES string of the molecule is CC1CCc2cc(=O)n(C)cc2N(C)C1=O. The van der Waals surface area contributed by atoms with Gasteiger partial charge in [-0.15, -0.1) is 0 Å². The highest BCUT2D eigenvalue weighted by Gasteiger charge is 2.25. The van der Waals surface area contributed by atoms with Crippen LogP contribution < -0.4 is 10.5 Å². The molecule has 4 heteroatoms. The van der Waals surface area contributed by atoms with E-state index >= 15 is 0 Å². The second-order valence-corrected chi connectivity index (χ2v) is 4.47. The third-order valence-corrected chi connectivity index (χ3v) is 3.25. The van der Waals surface area contributed by atoms with Crippen molar-refractivity contribution in [1.82, 2.24) is 4.57 Å². The molecule has 1 aliphatic rings. The molecule has 0 aromatic carbocycles. The van der Waals surface area contributed by atoms with Crippen molar-refractivity contribution in [2.24, 2.45) is 13.0 Å². The molecule has 1 aromatic rings. The molecule has 4 nitrogen and oxygen atoms in total. The van der Waals surface area contributed by atoms with E-state index in [9.17, 15) is 9.59 Å². The van der Waals surface area contributed by atoms with Gasteiger partial charge in [0.1, 0.15) is 0 Å². The van der Waals surface area contributed by atoms with Crippen molar-refractivity contribution >= 4 is 11.6 Å². The number of rotatable bonds is 0. The number of hydrogen-bond acceptors (Lipinski definition) is 2. The molecule has 2 rings (SSSR count). The topological polar surface area (TPSA) is 42.3 Å². The molecule has 0 radical (unpaired) electrons. The normalized spacial score (nSPS) is 20.6. The Morgan fingerprint density at radius 1 is 1.31 bits per heavy atom. The molecule has 0 spiro atoms. The predicted octanol–water partition coefficient (Wildman–Crippen LogP) is 0.930. The largest absolute Gasteiger partial charge is 0.316 e. The molecule has 1 amide bonds. The van der Waals surface area contributed by atoms with Gasteiger partial charge in [0.2, 0.25) is 5.91 Å². The van der Waals surface area contributed by atoms with Gasteiger partial charge < -0.3 is 9.47 Å². The maximum Gasteiger partial charge on any atom is 0.250 e. The van der Waals surface area contributed by atoms with E-state index in [4.69, 9.17) is 0 Å². The molecule has 1 unspecified atom stereocenters. The van der Waals surface area contributed by atoms with Crippen LogP contribution in [0.1, 0.15) is 18.9 Å². The van der Waals surface area contributed by atoms with E-state index in [1.165, 1.54) is 4.57 Å². The first kappa shape index (κ1) is 10.9. The zero-order chi connectivity index (χ0) is 11.9. The lowest BCUT2D eigenvalue weighted by Gasteiger charge is -2.19. The predicted molar refractivity (Wildman–Crippen MR) is 62.6 cm³/mol. The number of nitrogens with zero attached hydrogens (tertiary/aromatic N) is 2. The van der Waals surface area contributed by atoms with E-state index < -0.39 is 0 Å². The Bertz CT molecular complexity index is 490. The Balaban J connectivity index is 2.57. The number of carbonyl (C=O) groups is 1. The number of pyridine rings is 1. The lowest BCUT2D eigenvalue weighted by Crippen LogP contribution is -2.31. The van der Waals surface area contributed by atoms with Crippen molar-refractivity contribution in [3.63, 3.8) is 0 Å². The van der Waals surface area contributed by atoms with Gasteiger partial charge in [0.25, 0.3) is 5.56 Å². The van der Waals surface area contributed by atoms with Crippen LogP contribution in [0.2, 0.25) is 0 Å². The molecule has 16 heavy (non-hydrogen) atoms. The third-order valence-electron chi connectivity index (χ3n) is 3.25. The van der Waals surface area contributed by atoms with E-state index in [0.29, 0.717) is 0 Å². The van der Waals surface area contributed by atoms with Gasteiger partial charge in [0.15, 0.2) is 0 Å². The van der Waals surface area contributed by atoms with E-state index in [-0.39, 0.29) is 17.4 Å². The van der Waals surface area contributed by atoms with Crippen LogP contribution in [0.4, 0.5) is 5.69 Å². The summed E-state index contributed by atoms with van der Waals surface area (Å²) in [5, 5.41) is 0. The van der Waals surface area contributed by atoms with E-state index in [2.05, 4.69) is 0 Å². The maximum absolute atomic E-state index is 11.9. The summed E-state index contributed by atoms with van der Waals surface area (Å²) in [4.78, 5) is 25.1. The molecule has 2 heterocycles. The summed E-state index contributed by atoms with van der Waals surface area (Å²) in [6, 6.07) is 1.64. The summed E-state index contributed by atoms with van der Waals surface area (Å²) in [5.41, 5.74) is 1.81. The number of amides is 1. The number of fused-ring (bicyclic) bond motifs is 1. The molecule has 1 aliphatic heterocycles. The number of anilines is 1. The fourth-order valence-corrected chi connectivity index (χ4v) is 2.10. The Morgan fingerprint density at radius 2 is 2.00 bits per heavy atom. The van der Waals surface area contributed by atoms with Crippen LogP contribution in [0.5, 0.6) is 0 Å². The quantitative estimate of drug-likeness (QED) is 0.652. The maximum atomic E-state index is 11.9. The lowest BCUT2D eigenvalue weighted by atomic mass is 10.0. The van der Waals surface area contributed by atoms with Crippen LogP contribution in [0.25, 0.3) is 0 Å². The van der Waals surface area contributed by atoms with E-state index in [1.807, 2.05) is 6.92 Å². The van der Waals surface area contributed by atoms with Gasteiger partial charge in [-0.25, -0.2) is 0 Å². The minimum Gasteiger partial charge on any atom is -0.316 e. The summed E-state index contributed by atoms with van der Waals surface area (Å²) in [6.45, 7) is 1.93. The highest BCUT2D eigenvalue weighted by Crippen LogP contribution is 2.26. The van der Waals surface area contributed by atoms with Crippen molar-refractivity contribution in [3.8, 4) is 0 Å². The minimum absolute atomic E-state index is 0.0193. The molecule has 86 valence electrons. The molecule has 0 saturated carbocycles. The Labute approximate surface area is 94.5 Å². The molecule has 0 saturated heterocycles. The monoisotopic (exact) mass is 220 g/mol. The molecular weight excluding hydrogens is 204 g/mol. The Hall–Kier alpha value is -1.58. The van der Waals surface area contributed by atoms with Crippen LogP contribution in [-0.2, 0) is 18.3 Å². The van der Waals surface area contributed by atoms with Crippen molar-refractivity contribution < 1.29 is 4.79 Å². The van der Waals surface area contributed by atoms with Gasteiger partial charge in [-0.3, -0.25) is 9.59 Å². The first-order valence-corrected chi connectivity index (χ1v) is 5.48. The van der Waals surface area contributed by atoms with Crippen molar-refractivity contribution in [2.45, 2.75) is 19.8 Å². The number of aromatic nitrogens is 1. The average Bonchev–Trinajstić information content (AvgIpc) is 2.35. The molecular formula is C12H16N2O2.